The van der Waals surface area contributed by atoms with Crippen LogP contribution >= 0.6 is 0 Å². The number of rotatable bonds is 4. The van der Waals surface area contributed by atoms with Gasteiger partial charge in [-0.25, -0.2) is 4.79 Å². The normalized spacial score (nSPS) is 12.2. The SMILES string of the molecule is C=C/C(C(C)=O)=C(\C=C/C)C(=O)OC. The van der Waals surface area contributed by atoms with Gasteiger partial charge in [-0.15, -0.1) is 0 Å². The third kappa shape index (κ3) is 3.01. The van der Waals surface area contributed by atoms with E-state index in [1.807, 2.05) is 0 Å². The van der Waals surface area contributed by atoms with Crippen LogP contribution in [0.25, 0.3) is 0 Å². The fourth-order valence-corrected chi connectivity index (χ4v) is 0.988. The molecule has 3 heteroatoms. The monoisotopic (exact) mass is 194 g/mol. The summed E-state index contributed by atoms with van der Waals surface area (Å²) in [6, 6.07) is 0. The highest BCUT2D eigenvalue weighted by Crippen LogP contribution is 2.10. The standard InChI is InChI=1S/C11H14O3/c1-5-7-10(11(13)14-4)9(6-2)8(3)12/h5-7H,2H2,1,3-4H3/b7-5-,10-9-. The minimum atomic E-state index is -0.534. The van der Waals surface area contributed by atoms with Crippen molar-refractivity contribution in [2.75, 3.05) is 7.11 Å². The van der Waals surface area contributed by atoms with Crippen LogP contribution in [0.5, 0.6) is 0 Å². The summed E-state index contributed by atoms with van der Waals surface area (Å²) in [5.41, 5.74) is 0.507. The summed E-state index contributed by atoms with van der Waals surface area (Å²) < 4.78 is 4.55. The largest absolute Gasteiger partial charge is 0.465 e. The average molecular weight is 194 g/mol. The number of carbonyl (C=O) groups is 2. The van der Waals surface area contributed by atoms with E-state index in [2.05, 4.69) is 11.3 Å². The van der Waals surface area contributed by atoms with Crippen molar-refractivity contribution in [1.29, 1.82) is 0 Å². The smallest absolute Gasteiger partial charge is 0.338 e. The molecule has 0 saturated heterocycles. The Hall–Kier alpha value is -1.64. The molecule has 0 bridgehead atoms. The maximum absolute atomic E-state index is 11.3. The number of carbonyl (C=O) groups excluding carboxylic acids is 2. The molecule has 0 aromatic rings. The van der Waals surface area contributed by atoms with Gasteiger partial charge in [0.25, 0.3) is 0 Å². The highest BCUT2D eigenvalue weighted by Gasteiger charge is 2.13. The van der Waals surface area contributed by atoms with E-state index >= 15 is 0 Å². The molecule has 0 fully saturated rings. The summed E-state index contributed by atoms with van der Waals surface area (Å²) in [5, 5.41) is 0. The molecular weight excluding hydrogens is 180 g/mol. The van der Waals surface area contributed by atoms with Gasteiger partial charge in [-0.05, 0) is 13.8 Å². The summed E-state index contributed by atoms with van der Waals surface area (Å²) in [6.45, 7) is 6.61. The Morgan fingerprint density at radius 1 is 1.29 bits per heavy atom. The van der Waals surface area contributed by atoms with Crippen LogP contribution < -0.4 is 0 Å². The molecule has 0 unspecified atom stereocenters. The molecule has 0 aromatic carbocycles. The summed E-state index contributed by atoms with van der Waals surface area (Å²) in [5.74, 6) is -0.744. The zero-order valence-corrected chi connectivity index (χ0v) is 8.66. The topological polar surface area (TPSA) is 43.4 Å². The molecule has 0 spiro atoms. The van der Waals surface area contributed by atoms with E-state index in [-0.39, 0.29) is 16.9 Å². The van der Waals surface area contributed by atoms with Crippen LogP contribution in [-0.4, -0.2) is 18.9 Å². The van der Waals surface area contributed by atoms with Gasteiger partial charge in [0, 0.05) is 5.57 Å². The van der Waals surface area contributed by atoms with Gasteiger partial charge in [-0.3, -0.25) is 4.79 Å². The molecular formula is C11H14O3. The first-order valence-electron chi connectivity index (χ1n) is 4.17. The van der Waals surface area contributed by atoms with Gasteiger partial charge >= 0.3 is 5.97 Å². The number of allylic oxidation sites excluding steroid dienone is 3. The van der Waals surface area contributed by atoms with Crippen LogP contribution in [0.15, 0.2) is 36.0 Å². The van der Waals surface area contributed by atoms with E-state index in [0.29, 0.717) is 0 Å². The summed E-state index contributed by atoms with van der Waals surface area (Å²) in [6.07, 6.45) is 4.55. The number of Topliss-reactive ketones (excluding diaryl/α,β-unsaturated/α-hetero) is 1. The van der Waals surface area contributed by atoms with E-state index in [1.54, 1.807) is 13.0 Å². The Kier molecular flexibility index (Phi) is 5.22. The van der Waals surface area contributed by atoms with Crippen molar-refractivity contribution in [2.24, 2.45) is 0 Å². The second-order valence-electron chi connectivity index (χ2n) is 2.58. The highest BCUT2D eigenvalue weighted by molar-refractivity contribution is 6.06. The summed E-state index contributed by atoms with van der Waals surface area (Å²) in [4.78, 5) is 22.4. The van der Waals surface area contributed by atoms with Crippen molar-refractivity contribution in [3.8, 4) is 0 Å². The third-order valence-electron chi connectivity index (χ3n) is 1.61. The lowest BCUT2D eigenvalue weighted by Gasteiger charge is -2.03. The van der Waals surface area contributed by atoms with E-state index in [4.69, 9.17) is 0 Å². The van der Waals surface area contributed by atoms with Gasteiger partial charge in [-0.1, -0.05) is 24.8 Å². The Labute approximate surface area is 83.8 Å². The van der Waals surface area contributed by atoms with Crippen molar-refractivity contribution < 1.29 is 14.3 Å². The average Bonchev–Trinajstić information content (AvgIpc) is 2.16. The van der Waals surface area contributed by atoms with Crippen molar-refractivity contribution in [2.45, 2.75) is 13.8 Å². The van der Waals surface area contributed by atoms with Gasteiger partial charge in [-0.2, -0.15) is 0 Å². The number of esters is 1. The molecule has 0 N–H and O–H groups in total. The van der Waals surface area contributed by atoms with Crippen LogP contribution in [0.1, 0.15) is 13.8 Å². The number of methoxy groups -OCH3 is 1. The predicted molar refractivity (Wildman–Crippen MR) is 54.7 cm³/mol. The van der Waals surface area contributed by atoms with Crippen molar-refractivity contribution in [3.05, 3.63) is 36.0 Å². The van der Waals surface area contributed by atoms with Crippen molar-refractivity contribution >= 4 is 11.8 Å². The van der Waals surface area contributed by atoms with Crippen LogP contribution in [0, 0.1) is 0 Å². The second-order valence-corrected chi connectivity index (χ2v) is 2.58. The van der Waals surface area contributed by atoms with Crippen molar-refractivity contribution in [1.82, 2.24) is 0 Å². The molecule has 0 heterocycles. The van der Waals surface area contributed by atoms with Gasteiger partial charge < -0.3 is 4.74 Å². The quantitative estimate of drug-likeness (QED) is 0.389. The lowest BCUT2D eigenvalue weighted by atomic mass is 10.0. The van der Waals surface area contributed by atoms with Crippen LogP contribution in [-0.2, 0) is 14.3 Å². The van der Waals surface area contributed by atoms with Gasteiger partial charge in [0.05, 0.1) is 12.7 Å². The lowest BCUT2D eigenvalue weighted by molar-refractivity contribution is -0.136. The van der Waals surface area contributed by atoms with Gasteiger partial charge in [0.15, 0.2) is 5.78 Å². The minimum absolute atomic E-state index is 0.210. The molecule has 0 amide bonds. The Morgan fingerprint density at radius 3 is 2.14 bits per heavy atom. The van der Waals surface area contributed by atoms with E-state index in [1.165, 1.54) is 26.2 Å². The Morgan fingerprint density at radius 2 is 1.86 bits per heavy atom. The second kappa shape index (κ2) is 5.91. The summed E-state index contributed by atoms with van der Waals surface area (Å²) in [7, 11) is 1.27. The van der Waals surface area contributed by atoms with Crippen LogP contribution in [0.2, 0.25) is 0 Å². The van der Waals surface area contributed by atoms with Gasteiger partial charge in [0.2, 0.25) is 0 Å². The molecule has 14 heavy (non-hydrogen) atoms. The molecule has 0 aromatic heterocycles. The fourth-order valence-electron chi connectivity index (χ4n) is 0.988. The summed E-state index contributed by atoms with van der Waals surface area (Å²) >= 11 is 0. The number of ketones is 1. The zero-order chi connectivity index (χ0) is 11.1. The first-order chi connectivity index (χ1) is 6.58. The highest BCUT2D eigenvalue weighted by atomic mass is 16.5. The molecule has 0 atom stereocenters. The Bertz CT molecular complexity index is 308. The van der Waals surface area contributed by atoms with E-state index in [0.717, 1.165) is 0 Å². The number of ether oxygens (including phenoxy) is 1. The first kappa shape index (κ1) is 12.4. The zero-order valence-electron chi connectivity index (χ0n) is 8.66. The van der Waals surface area contributed by atoms with Crippen LogP contribution in [0.4, 0.5) is 0 Å². The van der Waals surface area contributed by atoms with E-state index < -0.39 is 5.97 Å². The first-order valence-corrected chi connectivity index (χ1v) is 4.17. The molecule has 0 rings (SSSR count). The van der Waals surface area contributed by atoms with Crippen molar-refractivity contribution in [3.63, 3.8) is 0 Å². The maximum atomic E-state index is 11.3. The molecule has 3 nitrogen and oxygen atoms in total. The number of hydrogen-bond donors (Lipinski definition) is 0. The van der Waals surface area contributed by atoms with Gasteiger partial charge in [0.1, 0.15) is 0 Å². The molecule has 0 aliphatic carbocycles. The Balaban J connectivity index is 5.42. The lowest BCUT2D eigenvalue weighted by Crippen LogP contribution is -2.09. The maximum Gasteiger partial charge on any atom is 0.338 e. The fraction of sp³-hybridized carbons (Fsp3) is 0.273. The molecule has 0 aliphatic rings. The third-order valence-corrected chi connectivity index (χ3v) is 1.61. The van der Waals surface area contributed by atoms with E-state index in [9.17, 15) is 9.59 Å². The predicted octanol–water partition coefficient (Wildman–Crippen LogP) is 1.81. The molecule has 0 saturated carbocycles. The van der Waals surface area contributed by atoms with Crippen LogP contribution in [0.3, 0.4) is 0 Å². The molecule has 0 radical (unpaired) electrons. The molecule has 0 aliphatic heterocycles. The minimum Gasteiger partial charge on any atom is -0.465 e. The molecule has 76 valence electrons. The number of hydrogen-bond acceptors (Lipinski definition) is 3.